The van der Waals surface area contributed by atoms with Crippen molar-refractivity contribution in [3.8, 4) is 0 Å². The molecule has 0 radical (unpaired) electrons. The maximum absolute atomic E-state index is 12.7. The molecule has 10 nitrogen and oxygen atoms in total. The summed E-state index contributed by atoms with van der Waals surface area (Å²) in [5, 5.41) is 8.93. The predicted octanol–water partition coefficient (Wildman–Crippen LogP) is 15.1. The molecule has 364 valence electrons. The number of phosphoric ester groups is 1. The number of aliphatic carboxylic acids is 1. The Morgan fingerprint density at radius 2 is 0.754 bits per heavy atom. The maximum atomic E-state index is 12.7. The van der Waals surface area contributed by atoms with Crippen LogP contribution in [0.3, 0.4) is 0 Å². The Bertz CT molecular complexity index is 987. The molecule has 11 heteroatoms. The molecular formula is C50H100NO9P. The second kappa shape index (κ2) is 46.9. The molecule has 0 saturated heterocycles. The van der Waals surface area contributed by atoms with Crippen molar-refractivity contribution in [2.75, 3.05) is 26.4 Å². The highest BCUT2D eigenvalue weighted by Gasteiger charge is 2.27. The van der Waals surface area contributed by atoms with Crippen LogP contribution >= 0.6 is 7.82 Å². The van der Waals surface area contributed by atoms with Gasteiger partial charge in [0.05, 0.1) is 19.8 Å². The van der Waals surface area contributed by atoms with E-state index < -0.39 is 45.1 Å². The van der Waals surface area contributed by atoms with Crippen LogP contribution < -0.4 is 5.73 Å². The van der Waals surface area contributed by atoms with Gasteiger partial charge in [-0.25, -0.2) is 4.57 Å². The number of nitrogens with two attached hydrogens (primary N) is 1. The van der Waals surface area contributed by atoms with Gasteiger partial charge in [-0.3, -0.25) is 18.6 Å². The molecule has 0 saturated carbocycles. The molecule has 0 aliphatic carbocycles. The summed E-state index contributed by atoms with van der Waals surface area (Å²) in [5.41, 5.74) is 5.38. The van der Waals surface area contributed by atoms with E-state index in [2.05, 4.69) is 13.8 Å². The first kappa shape index (κ1) is 60.0. The lowest BCUT2D eigenvalue weighted by molar-refractivity contribution is -0.154. The molecule has 61 heavy (non-hydrogen) atoms. The van der Waals surface area contributed by atoms with Gasteiger partial charge in [-0.2, -0.15) is 0 Å². The first-order chi connectivity index (χ1) is 29.7. The van der Waals surface area contributed by atoms with Gasteiger partial charge in [-0.15, -0.1) is 0 Å². The van der Waals surface area contributed by atoms with Crippen LogP contribution in [0, 0.1) is 0 Å². The number of unbranched alkanes of at least 4 members (excludes halogenated alkanes) is 37. The lowest BCUT2D eigenvalue weighted by Crippen LogP contribution is -2.34. The molecule has 0 spiro atoms. The average Bonchev–Trinajstić information content (AvgIpc) is 3.24. The fourth-order valence-electron chi connectivity index (χ4n) is 7.84. The summed E-state index contributed by atoms with van der Waals surface area (Å²) < 4.78 is 33.5. The molecule has 0 rings (SSSR count). The molecule has 0 aromatic carbocycles. The summed E-state index contributed by atoms with van der Waals surface area (Å²) in [7, 11) is -4.61. The molecule has 0 heterocycles. The largest absolute Gasteiger partial charge is 0.480 e. The van der Waals surface area contributed by atoms with Crippen molar-refractivity contribution in [1.29, 1.82) is 0 Å². The number of rotatable bonds is 51. The molecule has 3 atom stereocenters. The summed E-state index contributed by atoms with van der Waals surface area (Å²) >= 11 is 0. The van der Waals surface area contributed by atoms with Gasteiger partial charge in [-0.05, 0) is 12.8 Å². The molecular weight excluding hydrogens is 790 g/mol. The number of carbonyl (C=O) groups is 2. The number of phosphoric acid groups is 1. The molecule has 0 aromatic rings. The summed E-state index contributed by atoms with van der Waals surface area (Å²) in [4.78, 5) is 33.7. The van der Waals surface area contributed by atoms with Crippen LogP contribution in [0.5, 0.6) is 0 Å². The van der Waals surface area contributed by atoms with E-state index in [1.807, 2.05) is 0 Å². The number of ether oxygens (including phenoxy) is 2. The van der Waals surface area contributed by atoms with E-state index in [-0.39, 0.29) is 13.0 Å². The van der Waals surface area contributed by atoms with Gasteiger partial charge in [0.2, 0.25) is 0 Å². The lowest BCUT2D eigenvalue weighted by atomic mass is 10.0. The number of esters is 1. The van der Waals surface area contributed by atoms with Gasteiger partial charge in [0.15, 0.2) is 0 Å². The fourth-order valence-corrected chi connectivity index (χ4v) is 8.62. The molecule has 3 unspecified atom stereocenters. The van der Waals surface area contributed by atoms with Crippen LogP contribution in [0.25, 0.3) is 0 Å². The first-order valence-corrected chi connectivity index (χ1v) is 27.6. The lowest BCUT2D eigenvalue weighted by Gasteiger charge is -2.20. The predicted molar refractivity (Wildman–Crippen MR) is 254 cm³/mol. The molecule has 0 aliphatic rings. The number of carboxylic acids is 1. The Morgan fingerprint density at radius 1 is 0.459 bits per heavy atom. The van der Waals surface area contributed by atoms with Gasteiger partial charge >= 0.3 is 19.8 Å². The van der Waals surface area contributed by atoms with Gasteiger partial charge in [0.25, 0.3) is 0 Å². The van der Waals surface area contributed by atoms with Gasteiger partial charge in [0.1, 0.15) is 12.1 Å². The zero-order chi connectivity index (χ0) is 44.8. The van der Waals surface area contributed by atoms with Crippen LogP contribution in [0.4, 0.5) is 0 Å². The second-order valence-corrected chi connectivity index (χ2v) is 19.5. The highest BCUT2D eigenvalue weighted by atomic mass is 31.2. The molecule has 0 bridgehead atoms. The van der Waals surface area contributed by atoms with E-state index in [9.17, 15) is 19.0 Å². The highest BCUT2D eigenvalue weighted by molar-refractivity contribution is 7.47. The normalized spacial score (nSPS) is 13.6. The van der Waals surface area contributed by atoms with Gasteiger partial charge in [0, 0.05) is 13.0 Å². The highest BCUT2D eigenvalue weighted by Crippen LogP contribution is 2.43. The van der Waals surface area contributed by atoms with Crippen molar-refractivity contribution in [2.45, 2.75) is 283 Å². The third-order valence-corrected chi connectivity index (χ3v) is 12.8. The smallest absolute Gasteiger partial charge is 0.472 e. The third kappa shape index (κ3) is 46.8. The Balaban J connectivity index is 4.07. The van der Waals surface area contributed by atoms with E-state index in [0.717, 1.165) is 38.5 Å². The van der Waals surface area contributed by atoms with Crippen LogP contribution in [0.2, 0.25) is 0 Å². The van der Waals surface area contributed by atoms with E-state index >= 15 is 0 Å². The summed E-state index contributed by atoms with van der Waals surface area (Å²) in [6, 6.07) is -1.47. The van der Waals surface area contributed by atoms with Crippen molar-refractivity contribution >= 4 is 19.8 Å². The monoisotopic (exact) mass is 890 g/mol. The zero-order valence-corrected chi connectivity index (χ0v) is 40.9. The van der Waals surface area contributed by atoms with E-state index in [1.165, 1.54) is 212 Å². The van der Waals surface area contributed by atoms with E-state index in [4.69, 9.17) is 29.4 Å². The van der Waals surface area contributed by atoms with Crippen LogP contribution in [-0.2, 0) is 32.7 Å². The fraction of sp³-hybridized carbons (Fsp3) is 0.960. The summed E-state index contributed by atoms with van der Waals surface area (Å²) in [5.74, 6) is -1.76. The first-order valence-electron chi connectivity index (χ1n) is 26.1. The average molecular weight is 890 g/mol. The quantitative estimate of drug-likeness (QED) is 0.0305. The van der Waals surface area contributed by atoms with Crippen molar-refractivity contribution in [1.82, 2.24) is 0 Å². The van der Waals surface area contributed by atoms with Crippen LogP contribution in [-0.4, -0.2) is 60.5 Å². The van der Waals surface area contributed by atoms with Gasteiger partial charge < -0.3 is 25.2 Å². The maximum Gasteiger partial charge on any atom is 0.472 e. The Labute approximate surface area is 376 Å². The van der Waals surface area contributed by atoms with Crippen molar-refractivity contribution in [3.05, 3.63) is 0 Å². The standard InChI is InChI=1S/C50H100NO9P/c1-3-5-7-9-11-13-15-17-19-21-23-25-27-29-31-33-35-37-39-41-43-57-44-47(45-58-61(55,56)59-46-48(51)50(53)54)60-49(52)42-40-38-36-34-32-30-28-26-24-22-20-18-16-14-12-10-8-6-4-2/h47-48H,3-46,51H2,1-2H3,(H,53,54)(H,55,56). The Hall–Kier alpha value is -1.03. The molecule has 0 aromatic heterocycles. The Kier molecular flexibility index (Phi) is 46.2. The third-order valence-electron chi connectivity index (χ3n) is 11.9. The van der Waals surface area contributed by atoms with E-state index in [0.29, 0.717) is 6.61 Å². The number of carbonyl (C=O) groups excluding carboxylic acids is 1. The molecule has 0 amide bonds. The minimum absolute atomic E-state index is 0.0265. The molecule has 4 N–H and O–H groups in total. The molecule has 0 aliphatic heterocycles. The number of carboxylic acid groups (broad SMARTS) is 1. The Morgan fingerprint density at radius 3 is 1.08 bits per heavy atom. The van der Waals surface area contributed by atoms with E-state index in [1.54, 1.807) is 0 Å². The second-order valence-electron chi connectivity index (χ2n) is 18.0. The number of hydrogen-bond acceptors (Lipinski definition) is 8. The van der Waals surface area contributed by atoms with Crippen LogP contribution in [0.1, 0.15) is 271 Å². The zero-order valence-electron chi connectivity index (χ0n) is 40.0. The molecule has 0 fully saturated rings. The van der Waals surface area contributed by atoms with Crippen molar-refractivity contribution < 1.29 is 42.7 Å². The minimum atomic E-state index is -4.61. The summed E-state index contributed by atoms with van der Waals surface area (Å²) in [6.45, 7) is 3.96. The number of hydrogen-bond donors (Lipinski definition) is 3. The van der Waals surface area contributed by atoms with Crippen molar-refractivity contribution in [2.24, 2.45) is 5.73 Å². The summed E-state index contributed by atoms with van der Waals surface area (Å²) in [6.07, 6.45) is 50.2. The van der Waals surface area contributed by atoms with Gasteiger partial charge in [-0.1, -0.05) is 251 Å². The van der Waals surface area contributed by atoms with Crippen LogP contribution in [0.15, 0.2) is 0 Å². The SMILES string of the molecule is CCCCCCCCCCCCCCCCCCCCCCOCC(COP(=O)(O)OCC(N)C(=O)O)OC(=O)CCCCCCCCCCCCCCCCCCCCC. The minimum Gasteiger partial charge on any atom is -0.480 e. The van der Waals surface area contributed by atoms with Crippen molar-refractivity contribution in [3.63, 3.8) is 0 Å². The topological polar surface area (TPSA) is 155 Å².